The van der Waals surface area contributed by atoms with Crippen molar-refractivity contribution in [2.75, 3.05) is 5.32 Å². The van der Waals surface area contributed by atoms with Crippen molar-refractivity contribution >= 4 is 29.4 Å². The summed E-state index contributed by atoms with van der Waals surface area (Å²) in [6.45, 7) is 2.88. The smallest absolute Gasteiger partial charge is 0.329 e. The Bertz CT molecular complexity index is 865. The van der Waals surface area contributed by atoms with Crippen LogP contribution in [-0.2, 0) is 14.3 Å². The van der Waals surface area contributed by atoms with Crippen LogP contribution in [0, 0.1) is 0 Å². The minimum Gasteiger partial charge on any atom is -0.451 e. The fourth-order valence-corrected chi connectivity index (χ4v) is 2.22. The first-order valence-electron chi connectivity index (χ1n) is 8.55. The van der Waals surface area contributed by atoms with E-state index in [9.17, 15) is 19.2 Å². The normalized spacial score (nSPS) is 12.4. The number of primary amides is 1. The minimum atomic E-state index is -1.08. The quantitative estimate of drug-likeness (QED) is 0.624. The lowest BCUT2D eigenvalue weighted by atomic mass is 10.2. The molecule has 0 radical (unpaired) electrons. The third-order valence-electron chi connectivity index (χ3n) is 3.84. The standard InChI is InChI=1S/C20H21N3O5/c1-12(22-19(26)15-6-4-3-5-7-15)20(27)28-13(2)18(25)23-16-10-8-14(9-11-16)17(21)24/h3-13H,1-2H3,(H2,21,24)(H,22,26)(H,23,25)/t12-,13+/m0/s1. The van der Waals surface area contributed by atoms with Crippen LogP contribution in [0.2, 0.25) is 0 Å². The molecule has 0 spiro atoms. The van der Waals surface area contributed by atoms with Crippen molar-refractivity contribution in [2.24, 2.45) is 5.73 Å². The Kier molecular flexibility index (Phi) is 6.86. The Labute approximate surface area is 162 Å². The number of hydrogen-bond acceptors (Lipinski definition) is 5. The van der Waals surface area contributed by atoms with Crippen LogP contribution in [0.25, 0.3) is 0 Å². The average molecular weight is 383 g/mol. The summed E-state index contributed by atoms with van der Waals surface area (Å²) >= 11 is 0. The zero-order chi connectivity index (χ0) is 20.7. The summed E-state index contributed by atoms with van der Waals surface area (Å²) in [4.78, 5) is 47.4. The molecule has 0 heterocycles. The summed E-state index contributed by atoms with van der Waals surface area (Å²) in [5.41, 5.74) is 6.29. The fourth-order valence-electron chi connectivity index (χ4n) is 2.22. The van der Waals surface area contributed by atoms with E-state index in [-0.39, 0.29) is 0 Å². The van der Waals surface area contributed by atoms with E-state index < -0.39 is 35.8 Å². The van der Waals surface area contributed by atoms with Crippen molar-refractivity contribution in [3.8, 4) is 0 Å². The lowest BCUT2D eigenvalue weighted by Gasteiger charge is -2.17. The maximum atomic E-state index is 12.2. The van der Waals surface area contributed by atoms with Crippen LogP contribution in [0.5, 0.6) is 0 Å². The van der Waals surface area contributed by atoms with Crippen LogP contribution < -0.4 is 16.4 Å². The molecule has 0 fully saturated rings. The molecule has 146 valence electrons. The molecular formula is C20H21N3O5. The van der Waals surface area contributed by atoms with Gasteiger partial charge in [-0.15, -0.1) is 0 Å². The lowest BCUT2D eigenvalue weighted by Crippen LogP contribution is -2.42. The number of nitrogens with one attached hydrogen (secondary N) is 2. The SMILES string of the molecule is C[C@H](NC(=O)c1ccccc1)C(=O)O[C@H](C)C(=O)Nc1ccc(C(N)=O)cc1. The van der Waals surface area contributed by atoms with Gasteiger partial charge in [-0.2, -0.15) is 0 Å². The third-order valence-corrected chi connectivity index (χ3v) is 3.84. The summed E-state index contributed by atoms with van der Waals surface area (Å²) in [6, 6.07) is 13.4. The van der Waals surface area contributed by atoms with Gasteiger partial charge >= 0.3 is 5.97 Å². The van der Waals surface area contributed by atoms with Gasteiger partial charge in [0.2, 0.25) is 5.91 Å². The monoisotopic (exact) mass is 383 g/mol. The number of esters is 1. The van der Waals surface area contributed by atoms with Gasteiger partial charge in [0, 0.05) is 16.8 Å². The lowest BCUT2D eigenvalue weighted by molar-refractivity contribution is -0.154. The highest BCUT2D eigenvalue weighted by molar-refractivity contribution is 5.98. The number of ether oxygens (including phenoxy) is 1. The molecule has 2 rings (SSSR count). The number of anilines is 1. The van der Waals surface area contributed by atoms with E-state index in [4.69, 9.17) is 10.5 Å². The van der Waals surface area contributed by atoms with Crippen molar-refractivity contribution in [1.82, 2.24) is 5.32 Å². The second-order valence-corrected chi connectivity index (χ2v) is 6.07. The van der Waals surface area contributed by atoms with E-state index in [0.717, 1.165) is 0 Å². The second-order valence-electron chi connectivity index (χ2n) is 6.07. The molecule has 0 bridgehead atoms. The first kappa shape index (κ1) is 20.6. The highest BCUT2D eigenvalue weighted by atomic mass is 16.5. The van der Waals surface area contributed by atoms with E-state index in [1.54, 1.807) is 30.3 Å². The van der Waals surface area contributed by atoms with Gasteiger partial charge in [-0.05, 0) is 50.2 Å². The molecule has 4 N–H and O–H groups in total. The van der Waals surface area contributed by atoms with E-state index in [1.165, 1.54) is 38.1 Å². The Hall–Kier alpha value is -3.68. The largest absolute Gasteiger partial charge is 0.451 e. The molecule has 0 aliphatic carbocycles. The molecule has 2 aromatic rings. The Morgan fingerprint density at radius 1 is 0.893 bits per heavy atom. The molecule has 8 nitrogen and oxygen atoms in total. The number of hydrogen-bond donors (Lipinski definition) is 3. The molecule has 3 amide bonds. The zero-order valence-corrected chi connectivity index (χ0v) is 15.5. The molecular weight excluding hydrogens is 362 g/mol. The zero-order valence-electron chi connectivity index (χ0n) is 15.5. The second kappa shape index (κ2) is 9.31. The molecule has 28 heavy (non-hydrogen) atoms. The fraction of sp³-hybridized carbons (Fsp3) is 0.200. The van der Waals surface area contributed by atoms with Crippen molar-refractivity contribution in [3.63, 3.8) is 0 Å². The summed E-state index contributed by atoms with van der Waals surface area (Å²) < 4.78 is 5.11. The average Bonchev–Trinajstić information content (AvgIpc) is 2.68. The van der Waals surface area contributed by atoms with Crippen LogP contribution in [0.3, 0.4) is 0 Å². The summed E-state index contributed by atoms with van der Waals surface area (Å²) in [5, 5.41) is 5.08. The van der Waals surface area contributed by atoms with Crippen LogP contribution in [-0.4, -0.2) is 35.8 Å². The molecule has 0 saturated heterocycles. The Morgan fingerprint density at radius 2 is 1.50 bits per heavy atom. The maximum Gasteiger partial charge on any atom is 0.329 e. The van der Waals surface area contributed by atoms with Gasteiger partial charge in [0.1, 0.15) is 6.04 Å². The number of benzene rings is 2. The first-order chi connectivity index (χ1) is 13.3. The molecule has 2 aromatic carbocycles. The van der Waals surface area contributed by atoms with Gasteiger partial charge in [0.15, 0.2) is 6.10 Å². The van der Waals surface area contributed by atoms with Crippen LogP contribution in [0.15, 0.2) is 54.6 Å². The van der Waals surface area contributed by atoms with Crippen molar-refractivity contribution in [3.05, 3.63) is 65.7 Å². The highest BCUT2D eigenvalue weighted by Gasteiger charge is 2.23. The number of nitrogens with two attached hydrogens (primary N) is 1. The molecule has 0 aliphatic rings. The predicted molar refractivity (Wildman–Crippen MR) is 103 cm³/mol. The molecule has 0 unspecified atom stereocenters. The van der Waals surface area contributed by atoms with Crippen molar-refractivity contribution < 1.29 is 23.9 Å². The topological polar surface area (TPSA) is 128 Å². The van der Waals surface area contributed by atoms with Crippen molar-refractivity contribution in [1.29, 1.82) is 0 Å². The summed E-state index contributed by atoms with van der Waals surface area (Å²) in [5.74, 6) is -2.29. The number of amides is 3. The van der Waals surface area contributed by atoms with Gasteiger partial charge in [-0.1, -0.05) is 18.2 Å². The minimum absolute atomic E-state index is 0.306. The number of carbonyl (C=O) groups is 4. The van der Waals surface area contributed by atoms with E-state index in [0.29, 0.717) is 16.8 Å². The molecule has 0 saturated carbocycles. The summed E-state index contributed by atoms with van der Waals surface area (Å²) in [7, 11) is 0. The van der Waals surface area contributed by atoms with Gasteiger partial charge in [0.05, 0.1) is 0 Å². The van der Waals surface area contributed by atoms with Gasteiger partial charge < -0.3 is 21.1 Å². The third kappa shape index (κ3) is 5.66. The Morgan fingerprint density at radius 3 is 2.07 bits per heavy atom. The van der Waals surface area contributed by atoms with E-state index in [1.807, 2.05) is 0 Å². The highest BCUT2D eigenvalue weighted by Crippen LogP contribution is 2.10. The van der Waals surface area contributed by atoms with Crippen LogP contribution >= 0.6 is 0 Å². The Balaban J connectivity index is 1.87. The van der Waals surface area contributed by atoms with Crippen LogP contribution in [0.1, 0.15) is 34.6 Å². The number of carbonyl (C=O) groups excluding carboxylic acids is 4. The van der Waals surface area contributed by atoms with Gasteiger partial charge in [0.25, 0.3) is 11.8 Å². The summed E-state index contributed by atoms with van der Waals surface area (Å²) in [6.07, 6.45) is -1.08. The number of rotatable bonds is 7. The molecule has 0 aromatic heterocycles. The van der Waals surface area contributed by atoms with E-state index in [2.05, 4.69) is 10.6 Å². The van der Waals surface area contributed by atoms with Crippen molar-refractivity contribution in [2.45, 2.75) is 26.0 Å². The first-order valence-corrected chi connectivity index (χ1v) is 8.55. The molecule has 8 heteroatoms. The van der Waals surface area contributed by atoms with E-state index >= 15 is 0 Å². The van der Waals surface area contributed by atoms with Crippen LogP contribution in [0.4, 0.5) is 5.69 Å². The van der Waals surface area contributed by atoms with Gasteiger partial charge in [-0.3, -0.25) is 14.4 Å². The predicted octanol–water partition coefficient (Wildman–Crippen LogP) is 1.47. The van der Waals surface area contributed by atoms with Gasteiger partial charge in [-0.25, -0.2) is 4.79 Å². The maximum absolute atomic E-state index is 12.2. The molecule has 2 atom stereocenters. The molecule has 0 aliphatic heterocycles.